The molecule has 1 aromatic carbocycles. The summed E-state index contributed by atoms with van der Waals surface area (Å²) >= 11 is 0. The fourth-order valence-electron chi connectivity index (χ4n) is 1.86. The van der Waals surface area contributed by atoms with E-state index in [2.05, 4.69) is 23.2 Å². The van der Waals surface area contributed by atoms with Gasteiger partial charge in [0.05, 0.1) is 18.1 Å². The van der Waals surface area contributed by atoms with Gasteiger partial charge in [-0.25, -0.2) is 9.66 Å². The third-order valence-corrected chi connectivity index (χ3v) is 2.87. The maximum atomic E-state index is 5.77. The maximum absolute atomic E-state index is 5.77. The Morgan fingerprint density at radius 3 is 2.65 bits per heavy atom. The third-order valence-electron chi connectivity index (χ3n) is 2.87. The van der Waals surface area contributed by atoms with Gasteiger partial charge in [-0.15, -0.1) is 0 Å². The van der Waals surface area contributed by atoms with Crippen molar-refractivity contribution in [3.8, 4) is 11.5 Å². The molecule has 2 rings (SSSR count). The first-order valence-corrected chi connectivity index (χ1v) is 7.11. The van der Waals surface area contributed by atoms with Crippen LogP contribution in [0.3, 0.4) is 0 Å². The van der Waals surface area contributed by atoms with E-state index in [4.69, 9.17) is 15.2 Å². The second-order valence-electron chi connectivity index (χ2n) is 4.73. The molecule has 0 bridgehead atoms. The van der Waals surface area contributed by atoms with Crippen LogP contribution in [0.2, 0.25) is 0 Å². The molecule has 1 aromatic heterocycles. The molecule has 0 aliphatic heterocycles. The first kappa shape index (κ1) is 16.4. The highest BCUT2D eigenvalue weighted by Gasteiger charge is 2.05. The number of imidazole rings is 1. The number of benzene rings is 1. The summed E-state index contributed by atoms with van der Waals surface area (Å²) in [5.74, 6) is 1.67. The number of ether oxygens (including phenoxy) is 2. The van der Waals surface area contributed by atoms with E-state index in [0.717, 1.165) is 11.3 Å². The number of aryl methyl sites for hydroxylation is 1. The highest BCUT2D eigenvalue weighted by molar-refractivity contribution is 5.84. The average molecular weight is 312 g/mol. The molecule has 120 valence electrons. The summed E-state index contributed by atoms with van der Waals surface area (Å²) in [5.41, 5.74) is 7.36. The number of nitrogens with two attached hydrogens (primary N) is 1. The summed E-state index contributed by atoms with van der Waals surface area (Å²) < 4.78 is 12.7. The third kappa shape index (κ3) is 4.47. The molecule has 0 saturated heterocycles. The largest absolute Gasteiger partial charge is 0.489 e. The van der Waals surface area contributed by atoms with Gasteiger partial charge in [0.2, 0.25) is 5.95 Å². The van der Waals surface area contributed by atoms with Gasteiger partial charge in [-0.05, 0) is 19.1 Å². The molecule has 0 amide bonds. The van der Waals surface area contributed by atoms with Gasteiger partial charge in [-0.1, -0.05) is 25.3 Å². The number of nitrogens with zero attached hydrogens (tertiary/aromatic N) is 3. The molecular weight excluding hydrogens is 292 g/mol. The minimum Gasteiger partial charge on any atom is -0.489 e. The Hall–Kier alpha value is -3.02. The summed E-state index contributed by atoms with van der Waals surface area (Å²) in [4.78, 5) is 4.10. The number of nitrogen functional groups attached to an aromatic ring is 1. The quantitative estimate of drug-likeness (QED) is 0.601. The summed E-state index contributed by atoms with van der Waals surface area (Å²) in [6.45, 7) is 9.95. The molecule has 2 aromatic rings. The maximum Gasteiger partial charge on any atom is 0.221 e. The Morgan fingerprint density at radius 2 is 2.00 bits per heavy atom. The van der Waals surface area contributed by atoms with Crippen molar-refractivity contribution in [2.24, 2.45) is 5.10 Å². The second-order valence-corrected chi connectivity index (χ2v) is 4.73. The van der Waals surface area contributed by atoms with Crippen LogP contribution in [-0.4, -0.2) is 29.1 Å². The van der Waals surface area contributed by atoms with Crippen molar-refractivity contribution in [3.63, 3.8) is 0 Å². The van der Waals surface area contributed by atoms with Gasteiger partial charge >= 0.3 is 0 Å². The van der Waals surface area contributed by atoms with Crippen molar-refractivity contribution >= 4 is 12.2 Å². The van der Waals surface area contributed by atoms with Crippen molar-refractivity contribution < 1.29 is 9.47 Å². The van der Waals surface area contributed by atoms with Crippen LogP contribution in [0, 0.1) is 6.92 Å². The lowest BCUT2D eigenvalue weighted by atomic mass is 10.2. The second kappa shape index (κ2) is 7.84. The highest BCUT2D eigenvalue weighted by Crippen LogP contribution is 2.24. The van der Waals surface area contributed by atoms with Crippen molar-refractivity contribution in [2.45, 2.75) is 6.92 Å². The first-order valence-electron chi connectivity index (χ1n) is 7.11. The molecule has 0 aliphatic rings. The molecule has 0 aliphatic carbocycles. The van der Waals surface area contributed by atoms with E-state index in [1.807, 2.05) is 19.1 Å². The predicted molar refractivity (Wildman–Crippen MR) is 92.2 cm³/mol. The predicted octanol–water partition coefficient (Wildman–Crippen LogP) is 2.79. The zero-order valence-corrected chi connectivity index (χ0v) is 13.1. The Kier molecular flexibility index (Phi) is 5.57. The molecule has 0 spiro atoms. The molecule has 23 heavy (non-hydrogen) atoms. The van der Waals surface area contributed by atoms with E-state index in [9.17, 15) is 0 Å². The van der Waals surface area contributed by atoms with Crippen molar-refractivity contribution in [1.29, 1.82) is 0 Å². The van der Waals surface area contributed by atoms with Crippen molar-refractivity contribution in [2.75, 3.05) is 18.9 Å². The minimum absolute atomic E-state index is 0.332. The van der Waals surface area contributed by atoms with Crippen LogP contribution in [0.15, 0.2) is 54.8 Å². The van der Waals surface area contributed by atoms with Gasteiger partial charge < -0.3 is 15.2 Å². The number of hydrogen-bond donors (Lipinski definition) is 1. The van der Waals surface area contributed by atoms with Crippen LogP contribution in [0.25, 0.3) is 0 Å². The first-order chi connectivity index (χ1) is 11.1. The molecule has 0 atom stereocenters. The summed E-state index contributed by atoms with van der Waals surface area (Å²) in [5, 5.41) is 4.30. The number of aromatic nitrogens is 2. The lowest BCUT2D eigenvalue weighted by Gasteiger charge is -2.10. The minimum atomic E-state index is 0.332. The molecule has 0 saturated carbocycles. The Balaban J connectivity index is 2.26. The molecule has 6 nitrogen and oxygen atoms in total. The molecule has 6 heteroatoms. The molecule has 2 N–H and O–H groups in total. The van der Waals surface area contributed by atoms with Crippen LogP contribution in [-0.2, 0) is 0 Å². The standard InChI is InChI=1S/C17H20N4O2/c1-4-8-22-15-7-6-14(16(10-15)23-9-5-2)11-19-21-12-13(3)20-17(21)18/h4-7,10-12H,1-2,8-9H2,3H3,(H2,18,20). The van der Waals surface area contributed by atoms with Gasteiger partial charge in [0.25, 0.3) is 0 Å². The van der Waals surface area contributed by atoms with Crippen LogP contribution >= 0.6 is 0 Å². The van der Waals surface area contributed by atoms with Gasteiger partial charge in [0.1, 0.15) is 24.7 Å². The van der Waals surface area contributed by atoms with E-state index in [1.54, 1.807) is 30.6 Å². The highest BCUT2D eigenvalue weighted by atomic mass is 16.5. The molecule has 1 heterocycles. The Bertz CT molecular complexity index is 719. The van der Waals surface area contributed by atoms with E-state index >= 15 is 0 Å². The molecular formula is C17H20N4O2. The zero-order valence-electron chi connectivity index (χ0n) is 13.1. The van der Waals surface area contributed by atoms with E-state index in [1.165, 1.54) is 4.68 Å². The summed E-state index contributed by atoms with van der Waals surface area (Å²) in [7, 11) is 0. The lowest BCUT2D eigenvalue weighted by molar-refractivity contribution is 0.344. The van der Waals surface area contributed by atoms with Gasteiger partial charge in [-0.2, -0.15) is 5.10 Å². The van der Waals surface area contributed by atoms with Gasteiger partial charge in [-0.3, -0.25) is 0 Å². The van der Waals surface area contributed by atoms with E-state index in [0.29, 0.717) is 30.7 Å². The van der Waals surface area contributed by atoms with E-state index in [-0.39, 0.29) is 0 Å². The van der Waals surface area contributed by atoms with Crippen LogP contribution in [0.4, 0.5) is 5.95 Å². The molecule has 0 unspecified atom stereocenters. The van der Waals surface area contributed by atoms with Crippen LogP contribution in [0.5, 0.6) is 11.5 Å². The monoisotopic (exact) mass is 312 g/mol. The SMILES string of the molecule is C=CCOc1ccc(C=Nn2cc(C)nc2N)c(OCC=C)c1. The van der Waals surface area contributed by atoms with Crippen LogP contribution < -0.4 is 15.2 Å². The normalized spacial score (nSPS) is 10.7. The average Bonchev–Trinajstić information content (AvgIpc) is 2.87. The summed E-state index contributed by atoms with van der Waals surface area (Å²) in [6, 6.07) is 5.51. The number of rotatable bonds is 8. The van der Waals surface area contributed by atoms with Crippen molar-refractivity contribution in [3.05, 3.63) is 61.0 Å². The Morgan fingerprint density at radius 1 is 1.26 bits per heavy atom. The fourth-order valence-corrected chi connectivity index (χ4v) is 1.86. The molecule has 0 radical (unpaired) electrons. The number of hydrogen-bond acceptors (Lipinski definition) is 5. The summed E-state index contributed by atoms with van der Waals surface area (Å²) in [6.07, 6.45) is 6.77. The van der Waals surface area contributed by atoms with E-state index < -0.39 is 0 Å². The van der Waals surface area contributed by atoms with Gasteiger partial charge in [0.15, 0.2) is 0 Å². The number of anilines is 1. The smallest absolute Gasteiger partial charge is 0.221 e. The van der Waals surface area contributed by atoms with Gasteiger partial charge in [0, 0.05) is 11.6 Å². The fraction of sp³-hybridized carbons (Fsp3) is 0.176. The molecule has 0 fully saturated rings. The zero-order chi connectivity index (χ0) is 16.7. The topological polar surface area (TPSA) is 74.7 Å². The van der Waals surface area contributed by atoms with Crippen molar-refractivity contribution in [1.82, 2.24) is 9.66 Å². The lowest BCUT2D eigenvalue weighted by Crippen LogP contribution is -2.01. The Labute approximate surface area is 135 Å². The van der Waals surface area contributed by atoms with Crippen LogP contribution in [0.1, 0.15) is 11.3 Å².